The van der Waals surface area contributed by atoms with Crippen LogP contribution < -0.4 is 0 Å². The van der Waals surface area contributed by atoms with Crippen molar-refractivity contribution < 1.29 is 4.11 Å². The van der Waals surface area contributed by atoms with E-state index in [-0.39, 0.29) is 5.41 Å². The monoisotopic (exact) mass is 438 g/mol. The van der Waals surface area contributed by atoms with E-state index < -0.39 is 6.85 Å². The predicted octanol–water partition coefficient (Wildman–Crippen LogP) is 8.82. The fraction of sp³-hybridized carbons (Fsp3) is 0.121. The Morgan fingerprint density at radius 3 is 2.29 bits per heavy atom. The lowest BCUT2D eigenvalue weighted by atomic mass is 9.81. The number of aromatic nitrogens is 1. The molecule has 0 fully saturated rings. The second-order valence-electron chi connectivity index (χ2n) is 9.85. The molecule has 34 heavy (non-hydrogen) atoms. The lowest BCUT2D eigenvalue weighted by molar-refractivity contribution is 0.660. The highest BCUT2D eigenvalue weighted by atomic mass is 14.7. The minimum atomic E-state index is -2.11. The number of benzene rings is 5. The summed E-state index contributed by atoms with van der Waals surface area (Å²) in [6.45, 7) is 2.49. The van der Waals surface area contributed by atoms with Crippen LogP contribution in [0, 0.1) is 6.85 Å². The molecule has 1 heterocycles. The van der Waals surface area contributed by atoms with E-state index in [2.05, 4.69) is 80.6 Å². The normalized spacial score (nSPS) is 15.6. The molecule has 0 saturated carbocycles. The maximum Gasteiger partial charge on any atom is 0.0780 e. The Hall–Kier alpha value is -3.97. The fourth-order valence-corrected chi connectivity index (χ4v) is 5.89. The average molecular weight is 439 g/mol. The van der Waals surface area contributed by atoms with Crippen molar-refractivity contribution in [3.05, 3.63) is 114 Å². The summed E-state index contributed by atoms with van der Waals surface area (Å²) in [6, 6.07) is 31.4. The Kier molecular flexibility index (Phi) is 3.31. The van der Waals surface area contributed by atoms with Crippen LogP contribution in [0.5, 0.6) is 0 Å². The Morgan fingerprint density at radius 1 is 0.647 bits per heavy atom. The number of hydrogen-bond acceptors (Lipinski definition) is 1. The van der Waals surface area contributed by atoms with E-state index in [1.165, 1.54) is 22.3 Å². The van der Waals surface area contributed by atoms with Gasteiger partial charge in [-0.1, -0.05) is 98.3 Å². The van der Waals surface area contributed by atoms with Gasteiger partial charge in [0.2, 0.25) is 0 Å². The van der Waals surface area contributed by atoms with Gasteiger partial charge in [0.25, 0.3) is 0 Å². The van der Waals surface area contributed by atoms with Gasteiger partial charge in [-0.15, -0.1) is 0 Å². The van der Waals surface area contributed by atoms with Crippen molar-refractivity contribution in [1.29, 1.82) is 0 Å². The third kappa shape index (κ3) is 2.58. The maximum absolute atomic E-state index is 7.76. The molecule has 1 nitrogen and oxygen atoms in total. The number of rotatable bonds is 1. The van der Waals surface area contributed by atoms with Gasteiger partial charge in [0.1, 0.15) is 0 Å². The Morgan fingerprint density at radius 2 is 1.38 bits per heavy atom. The second kappa shape index (κ2) is 6.77. The molecular weight excluding hydrogens is 410 g/mol. The quantitative estimate of drug-likeness (QED) is 0.234. The molecule has 162 valence electrons. The van der Waals surface area contributed by atoms with Crippen LogP contribution in [-0.2, 0) is 5.41 Å². The largest absolute Gasteiger partial charge is 0.256 e. The Balaban J connectivity index is 1.42. The van der Waals surface area contributed by atoms with Gasteiger partial charge in [-0.05, 0) is 68.2 Å². The van der Waals surface area contributed by atoms with E-state index in [1.54, 1.807) is 12.1 Å². The van der Waals surface area contributed by atoms with Crippen molar-refractivity contribution in [3.8, 4) is 22.4 Å². The van der Waals surface area contributed by atoms with Gasteiger partial charge in [0, 0.05) is 26.7 Å². The van der Waals surface area contributed by atoms with Crippen LogP contribution in [0.4, 0.5) is 0 Å². The molecule has 1 aromatic heterocycles. The third-order valence-corrected chi connectivity index (χ3v) is 7.62. The maximum atomic E-state index is 7.76. The zero-order valence-electron chi connectivity index (χ0n) is 22.2. The van der Waals surface area contributed by atoms with Gasteiger partial charge in [0.05, 0.1) is 5.69 Å². The summed E-state index contributed by atoms with van der Waals surface area (Å²) in [5, 5.41) is 6.51. The molecule has 0 saturated heterocycles. The van der Waals surface area contributed by atoms with Crippen LogP contribution in [0.25, 0.3) is 54.7 Å². The highest BCUT2D eigenvalue weighted by Gasteiger charge is 2.35. The van der Waals surface area contributed by atoms with Crippen LogP contribution in [0.1, 0.15) is 34.7 Å². The zero-order valence-corrected chi connectivity index (χ0v) is 19.2. The molecule has 5 aromatic carbocycles. The van der Waals surface area contributed by atoms with Gasteiger partial charge < -0.3 is 0 Å². The highest BCUT2D eigenvalue weighted by molar-refractivity contribution is 6.19. The van der Waals surface area contributed by atoms with Crippen molar-refractivity contribution in [2.75, 3.05) is 0 Å². The molecule has 1 aliphatic rings. The summed E-state index contributed by atoms with van der Waals surface area (Å²) < 4.78 is 23.3. The van der Waals surface area contributed by atoms with Gasteiger partial charge in [-0.2, -0.15) is 0 Å². The molecule has 1 heteroatoms. The summed E-state index contributed by atoms with van der Waals surface area (Å²) in [4.78, 5) is 4.84. The average Bonchev–Trinajstić information content (AvgIpc) is 3.13. The van der Waals surface area contributed by atoms with E-state index in [0.717, 1.165) is 43.6 Å². The fourth-order valence-electron chi connectivity index (χ4n) is 5.89. The molecular formula is C33H25N. The number of pyridine rings is 1. The number of aryl methyl sites for hydroxylation is 1. The van der Waals surface area contributed by atoms with Crippen LogP contribution in [0.3, 0.4) is 0 Å². The lowest BCUT2D eigenvalue weighted by Gasteiger charge is -2.22. The predicted molar refractivity (Wildman–Crippen MR) is 144 cm³/mol. The van der Waals surface area contributed by atoms with E-state index in [4.69, 9.17) is 9.10 Å². The minimum Gasteiger partial charge on any atom is -0.256 e. The smallest absolute Gasteiger partial charge is 0.0780 e. The molecule has 7 rings (SSSR count). The molecule has 0 aliphatic heterocycles. The van der Waals surface area contributed by atoms with E-state index in [9.17, 15) is 0 Å². The number of nitrogens with zero attached hydrogens (tertiary/aromatic N) is 1. The standard InChI is InChI=1S/C33H25N/c1-20-8-11-23-21(18-20)9-12-25-24(23)14-15-29-26(25)16-17-34-32(29)22-10-13-28-27-6-4-5-7-30(27)33(2,3)31(28)19-22/h4-19H,1-3H3/i1D3. The first-order valence-corrected chi connectivity index (χ1v) is 11.7. The summed E-state index contributed by atoms with van der Waals surface area (Å²) in [5.74, 6) is 0. The van der Waals surface area contributed by atoms with E-state index >= 15 is 0 Å². The van der Waals surface area contributed by atoms with Crippen molar-refractivity contribution in [2.45, 2.75) is 26.1 Å². The van der Waals surface area contributed by atoms with Crippen molar-refractivity contribution in [1.82, 2.24) is 4.98 Å². The first kappa shape index (κ1) is 16.6. The Bertz CT molecular complexity index is 1900. The SMILES string of the molecule is [2H]C([2H])([2H])c1ccc2c(ccc3c4ccnc(-c5ccc6c(c5)C(C)(C)c5ccccc5-6)c4ccc23)c1. The van der Waals surface area contributed by atoms with Gasteiger partial charge in [0.15, 0.2) is 0 Å². The second-order valence-corrected chi connectivity index (χ2v) is 9.85. The third-order valence-electron chi connectivity index (χ3n) is 7.62. The van der Waals surface area contributed by atoms with Crippen molar-refractivity contribution in [3.63, 3.8) is 0 Å². The topological polar surface area (TPSA) is 12.9 Å². The molecule has 0 bridgehead atoms. The first-order valence-electron chi connectivity index (χ1n) is 13.2. The van der Waals surface area contributed by atoms with Gasteiger partial charge >= 0.3 is 0 Å². The summed E-state index contributed by atoms with van der Waals surface area (Å²) in [7, 11) is 0. The van der Waals surface area contributed by atoms with Crippen LogP contribution in [-0.4, -0.2) is 4.98 Å². The molecule has 0 unspecified atom stereocenters. The molecule has 0 spiro atoms. The van der Waals surface area contributed by atoms with Crippen LogP contribution in [0.2, 0.25) is 0 Å². The van der Waals surface area contributed by atoms with Crippen molar-refractivity contribution in [2.24, 2.45) is 0 Å². The molecule has 6 aromatic rings. The van der Waals surface area contributed by atoms with Crippen LogP contribution >= 0.6 is 0 Å². The summed E-state index contributed by atoms with van der Waals surface area (Å²) >= 11 is 0. The molecule has 0 amide bonds. The molecule has 0 N–H and O–H groups in total. The zero-order chi connectivity index (χ0) is 25.5. The summed E-state index contributed by atoms with van der Waals surface area (Å²) in [5.41, 5.74) is 7.73. The molecule has 0 atom stereocenters. The molecule has 1 aliphatic carbocycles. The van der Waals surface area contributed by atoms with E-state index in [1.807, 2.05) is 18.3 Å². The Labute approximate surface area is 203 Å². The highest BCUT2D eigenvalue weighted by Crippen LogP contribution is 2.49. The molecule has 0 radical (unpaired) electrons. The minimum absolute atomic E-state index is 0.0638. The summed E-state index contributed by atoms with van der Waals surface area (Å²) in [6.07, 6.45) is 1.89. The van der Waals surface area contributed by atoms with Gasteiger partial charge in [-0.25, -0.2) is 0 Å². The first-order chi connectivity index (χ1) is 17.7. The van der Waals surface area contributed by atoms with Crippen molar-refractivity contribution >= 4 is 32.3 Å². The van der Waals surface area contributed by atoms with Gasteiger partial charge in [-0.3, -0.25) is 4.98 Å². The number of hydrogen-bond donors (Lipinski definition) is 0. The van der Waals surface area contributed by atoms with E-state index in [0.29, 0.717) is 5.56 Å². The lowest BCUT2D eigenvalue weighted by Crippen LogP contribution is -2.14. The number of fused-ring (bicyclic) bond motifs is 8. The van der Waals surface area contributed by atoms with Crippen LogP contribution in [0.15, 0.2) is 97.2 Å².